The van der Waals surface area contributed by atoms with Crippen LogP contribution < -0.4 is 15.8 Å². The SMILES string of the molecule is COc1c(F)cc(C2CC(=O)Nc3cc4oc(=O)[nH]c4cc32)cc1Cl. The van der Waals surface area contributed by atoms with Gasteiger partial charge in [0.25, 0.3) is 0 Å². The van der Waals surface area contributed by atoms with E-state index in [1.807, 2.05) is 0 Å². The minimum absolute atomic E-state index is 0.0412. The number of benzene rings is 2. The predicted octanol–water partition coefficient (Wildman–Crippen LogP) is 3.40. The zero-order chi connectivity index (χ0) is 17.7. The number of nitrogens with one attached hydrogen (secondary N) is 2. The van der Waals surface area contributed by atoms with E-state index in [1.165, 1.54) is 13.2 Å². The average molecular weight is 363 g/mol. The molecule has 1 amide bonds. The van der Waals surface area contributed by atoms with Gasteiger partial charge in [0.15, 0.2) is 17.1 Å². The highest BCUT2D eigenvalue weighted by atomic mass is 35.5. The van der Waals surface area contributed by atoms with E-state index in [0.29, 0.717) is 22.4 Å². The van der Waals surface area contributed by atoms with Crippen molar-refractivity contribution in [3.63, 3.8) is 0 Å². The maximum atomic E-state index is 14.2. The summed E-state index contributed by atoms with van der Waals surface area (Å²) in [6.45, 7) is 0. The number of aromatic amines is 1. The Hall–Kier alpha value is -2.80. The van der Waals surface area contributed by atoms with Crippen LogP contribution in [0.15, 0.2) is 33.5 Å². The summed E-state index contributed by atoms with van der Waals surface area (Å²) in [7, 11) is 1.33. The Morgan fingerprint density at radius 3 is 2.80 bits per heavy atom. The fourth-order valence-electron chi connectivity index (χ4n) is 3.18. The van der Waals surface area contributed by atoms with Crippen molar-refractivity contribution >= 4 is 34.3 Å². The van der Waals surface area contributed by atoms with Gasteiger partial charge in [0.05, 0.1) is 17.6 Å². The molecule has 0 saturated heterocycles. The predicted molar refractivity (Wildman–Crippen MR) is 89.9 cm³/mol. The van der Waals surface area contributed by atoms with Gasteiger partial charge in [0.1, 0.15) is 0 Å². The van der Waals surface area contributed by atoms with Crippen LogP contribution in [-0.4, -0.2) is 18.0 Å². The van der Waals surface area contributed by atoms with Crippen molar-refractivity contribution in [3.8, 4) is 5.75 Å². The molecule has 2 N–H and O–H groups in total. The van der Waals surface area contributed by atoms with Gasteiger partial charge in [0, 0.05) is 24.1 Å². The van der Waals surface area contributed by atoms with E-state index in [1.54, 1.807) is 18.2 Å². The lowest BCUT2D eigenvalue weighted by atomic mass is 9.84. The van der Waals surface area contributed by atoms with Crippen molar-refractivity contribution in [2.24, 2.45) is 0 Å². The summed E-state index contributed by atoms with van der Waals surface area (Å²) in [5, 5.41) is 2.87. The van der Waals surface area contributed by atoms with E-state index >= 15 is 0 Å². The molecule has 1 atom stereocenters. The van der Waals surface area contributed by atoms with Crippen LogP contribution in [0, 0.1) is 5.82 Å². The Bertz CT molecular complexity index is 1050. The second kappa shape index (κ2) is 5.63. The molecule has 0 spiro atoms. The molecule has 1 aliphatic rings. The molecular formula is C17H12ClFN2O4. The number of hydrogen-bond donors (Lipinski definition) is 2. The van der Waals surface area contributed by atoms with Gasteiger partial charge in [-0.15, -0.1) is 0 Å². The lowest BCUT2D eigenvalue weighted by Crippen LogP contribution is -2.23. The zero-order valence-electron chi connectivity index (χ0n) is 13.0. The van der Waals surface area contributed by atoms with E-state index in [2.05, 4.69) is 10.3 Å². The van der Waals surface area contributed by atoms with Crippen LogP contribution in [0.3, 0.4) is 0 Å². The first-order valence-electron chi connectivity index (χ1n) is 7.46. The quantitative estimate of drug-likeness (QED) is 0.731. The molecule has 8 heteroatoms. The monoisotopic (exact) mass is 362 g/mol. The van der Waals surface area contributed by atoms with Crippen LogP contribution in [0.1, 0.15) is 23.5 Å². The summed E-state index contributed by atoms with van der Waals surface area (Å²) in [5.74, 6) is -1.86. The average Bonchev–Trinajstić information content (AvgIpc) is 2.90. The third kappa shape index (κ3) is 2.56. The fourth-order valence-corrected chi connectivity index (χ4v) is 3.47. The summed E-state index contributed by atoms with van der Waals surface area (Å²) in [6.07, 6.45) is 0.128. The molecular weight excluding hydrogens is 351 g/mol. The molecule has 4 rings (SSSR count). The molecule has 2 aromatic carbocycles. The van der Waals surface area contributed by atoms with Gasteiger partial charge in [-0.05, 0) is 29.3 Å². The number of aromatic nitrogens is 1. The van der Waals surface area contributed by atoms with Gasteiger partial charge in [-0.2, -0.15) is 0 Å². The first kappa shape index (κ1) is 15.7. The third-order valence-electron chi connectivity index (χ3n) is 4.26. The Kier molecular flexibility index (Phi) is 3.54. The van der Waals surface area contributed by atoms with Gasteiger partial charge in [-0.1, -0.05) is 11.6 Å². The number of oxazole rings is 1. The molecule has 128 valence electrons. The molecule has 0 radical (unpaired) electrons. The first-order chi connectivity index (χ1) is 12.0. The molecule has 1 aliphatic heterocycles. The fraction of sp³-hybridized carbons (Fsp3) is 0.176. The Morgan fingerprint density at radius 2 is 2.08 bits per heavy atom. The number of rotatable bonds is 2. The van der Waals surface area contributed by atoms with E-state index in [9.17, 15) is 14.0 Å². The zero-order valence-corrected chi connectivity index (χ0v) is 13.7. The molecule has 6 nitrogen and oxygen atoms in total. The maximum Gasteiger partial charge on any atom is 0.417 e. The molecule has 3 aromatic rings. The number of methoxy groups -OCH3 is 1. The molecule has 25 heavy (non-hydrogen) atoms. The Balaban J connectivity index is 1.91. The number of H-pyrrole nitrogens is 1. The lowest BCUT2D eigenvalue weighted by molar-refractivity contribution is -0.116. The summed E-state index contributed by atoms with van der Waals surface area (Å²) in [6, 6.07) is 6.18. The van der Waals surface area contributed by atoms with Crippen LogP contribution in [0.4, 0.5) is 10.1 Å². The molecule has 2 heterocycles. The van der Waals surface area contributed by atoms with Crippen LogP contribution in [0.5, 0.6) is 5.75 Å². The van der Waals surface area contributed by atoms with Crippen LogP contribution in [-0.2, 0) is 4.79 Å². The summed E-state index contributed by atoms with van der Waals surface area (Å²) < 4.78 is 24.2. The van der Waals surface area contributed by atoms with Crippen molar-refractivity contribution in [2.45, 2.75) is 12.3 Å². The highest BCUT2D eigenvalue weighted by Gasteiger charge is 2.29. The number of ether oxygens (including phenoxy) is 1. The summed E-state index contributed by atoms with van der Waals surface area (Å²) >= 11 is 6.09. The number of carbonyl (C=O) groups excluding carboxylic acids is 1. The van der Waals surface area contributed by atoms with Crippen molar-refractivity contribution in [3.05, 3.63) is 56.8 Å². The highest BCUT2D eigenvalue weighted by Crippen LogP contribution is 2.41. The van der Waals surface area contributed by atoms with E-state index in [4.69, 9.17) is 20.8 Å². The molecule has 1 unspecified atom stereocenters. The van der Waals surface area contributed by atoms with E-state index in [0.717, 1.165) is 5.56 Å². The largest absolute Gasteiger partial charge is 0.492 e. The Morgan fingerprint density at radius 1 is 1.28 bits per heavy atom. The van der Waals surface area contributed by atoms with Crippen LogP contribution in [0.25, 0.3) is 11.1 Å². The minimum atomic E-state index is -0.602. The topological polar surface area (TPSA) is 84.3 Å². The second-order valence-corrected chi connectivity index (χ2v) is 6.18. The molecule has 1 aromatic heterocycles. The standard InChI is InChI=1S/C17H12ClFN2O4/c1-24-16-10(18)2-7(3-11(16)19)8-5-15(22)20-12-6-14-13(4-9(8)12)21-17(23)25-14/h2-4,6,8H,5H2,1H3,(H,20,22)(H,21,23). The van der Waals surface area contributed by atoms with Crippen molar-refractivity contribution in [2.75, 3.05) is 12.4 Å². The third-order valence-corrected chi connectivity index (χ3v) is 4.54. The number of hydrogen-bond acceptors (Lipinski definition) is 4. The Labute approximate surface area is 145 Å². The van der Waals surface area contributed by atoms with Crippen LogP contribution >= 0.6 is 11.6 Å². The summed E-state index contributed by atoms with van der Waals surface area (Å²) in [5.41, 5.74) is 2.65. The van der Waals surface area contributed by atoms with Crippen molar-refractivity contribution < 1.29 is 18.3 Å². The van der Waals surface area contributed by atoms with E-state index < -0.39 is 17.5 Å². The highest BCUT2D eigenvalue weighted by molar-refractivity contribution is 6.32. The molecule has 0 fully saturated rings. The van der Waals surface area contributed by atoms with Gasteiger partial charge in [-0.25, -0.2) is 9.18 Å². The smallest absolute Gasteiger partial charge is 0.417 e. The molecule has 0 aliphatic carbocycles. The van der Waals surface area contributed by atoms with Crippen molar-refractivity contribution in [1.82, 2.24) is 4.98 Å². The molecule has 0 bridgehead atoms. The maximum absolute atomic E-state index is 14.2. The first-order valence-corrected chi connectivity index (χ1v) is 7.83. The van der Waals surface area contributed by atoms with Gasteiger partial charge in [0.2, 0.25) is 5.91 Å². The minimum Gasteiger partial charge on any atom is -0.492 e. The van der Waals surface area contributed by atoms with Gasteiger partial charge >= 0.3 is 5.76 Å². The van der Waals surface area contributed by atoms with Gasteiger partial charge < -0.3 is 14.5 Å². The van der Waals surface area contributed by atoms with Crippen LogP contribution in [0.2, 0.25) is 5.02 Å². The number of fused-ring (bicyclic) bond motifs is 2. The lowest BCUT2D eigenvalue weighted by Gasteiger charge is -2.26. The number of anilines is 1. The van der Waals surface area contributed by atoms with Gasteiger partial charge in [-0.3, -0.25) is 9.78 Å². The van der Waals surface area contributed by atoms with Crippen molar-refractivity contribution in [1.29, 1.82) is 0 Å². The molecule has 0 saturated carbocycles. The second-order valence-electron chi connectivity index (χ2n) is 5.77. The summed E-state index contributed by atoms with van der Waals surface area (Å²) in [4.78, 5) is 26.0. The normalized spacial score (nSPS) is 16.6. The number of carbonyl (C=O) groups is 1. The number of halogens is 2. The number of amides is 1. The van der Waals surface area contributed by atoms with E-state index in [-0.39, 0.29) is 23.1 Å².